The second kappa shape index (κ2) is 5.41. The fourth-order valence-electron chi connectivity index (χ4n) is 2.33. The van der Waals surface area contributed by atoms with Gasteiger partial charge in [0.15, 0.2) is 0 Å². The SMILES string of the molecule is C[C@H](O)CNC(=O)c1cc(C2CC2)nc2ccc(F)cc12. The number of aliphatic hydroxyl groups excluding tert-OH is 1. The topological polar surface area (TPSA) is 62.2 Å². The summed E-state index contributed by atoms with van der Waals surface area (Å²) >= 11 is 0. The molecule has 3 rings (SSSR count). The van der Waals surface area contributed by atoms with E-state index in [-0.39, 0.29) is 12.5 Å². The fraction of sp³-hybridized carbons (Fsp3) is 0.375. The number of nitrogens with zero attached hydrogens (tertiary/aromatic N) is 1. The highest BCUT2D eigenvalue weighted by Crippen LogP contribution is 2.40. The molecule has 4 nitrogen and oxygen atoms in total. The van der Waals surface area contributed by atoms with Gasteiger partial charge in [-0.1, -0.05) is 0 Å². The Kier molecular flexibility index (Phi) is 3.59. The van der Waals surface area contributed by atoms with Crippen LogP contribution in [0.4, 0.5) is 4.39 Å². The molecule has 0 bridgehead atoms. The van der Waals surface area contributed by atoms with Gasteiger partial charge in [0, 0.05) is 23.5 Å². The van der Waals surface area contributed by atoms with Gasteiger partial charge in [0.1, 0.15) is 5.82 Å². The van der Waals surface area contributed by atoms with Crippen molar-refractivity contribution in [3.63, 3.8) is 0 Å². The molecular weight excluding hydrogens is 271 g/mol. The zero-order valence-electron chi connectivity index (χ0n) is 11.8. The molecule has 0 saturated heterocycles. The third-order valence-corrected chi connectivity index (χ3v) is 3.59. The van der Waals surface area contributed by atoms with E-state index in [2.05, 4.69) is 10.3 Å². The first kappa shape index (κ1) is 13.9. The third-order valence-electron chi connectivity index (χ3n) is 3.59. The van der Waals surface area contributed by atoms with Gasteiger partial charge < -0.3 is 10.4 Å². The van der Waals surface area contributed by atoms with Crippen LogP contribution in [0.3, 0.4) is 0 Å². The van der Waals surface area contributed by atoms with Crippen LogP contribution in [0.5, 0.6) is 0 Å². The lowest BCUT2D eigenvalue weighted by Crippen LogP contribution is -2.30. The zero-order chi connectivity index (χ0) is 15.0. The molecule has 0 aliphatic heterocycles. The standard InChI is InChI=1S/C16H17FN2O2/c1-9(20)8-18-16(21)13-7-15(10-2-3-10)19-14-5-4-11(17)6-12(13)14/h4-7,9-10,20H,2-3,8H2,1H3,(H,18,21)/t9-/m0/s1. The lowest BCUT2D eigenvalue weighted by atomic mass is 10.0. The summed E-state index contributed by atoms with van der Waals surface area (Å²) in [6.07, 6.45) is 1.53. The van der Waals surface area contributed by atoms with Gasteiger partial charge in [0.2, 0.25) is 0 Å². The first-order valence-electron chi connectivity index (χ1n) is 7.11. The molecule has 2 N–H and O–H groups in total. The average molecular weight is 288 g/mol. The molecule has 1 fully saturated rings. The van der Waals surface area contributed by atoms with Crippen LogP contribution in [0.2, 0.25) is 0 Å². The largest absolute Gasteiger partial charge is 0.392 e. The Morgan fingerprint density at radius 3 is 2.90 bits per heavy atom. The van der Waals surface area contributed by atoms with Crippen LogP contribution in [-0.4, -0.2) is 28.6 Å². The van der Waals surface area contributed by atoms with Crippen LogP contribution in [0, 0.1) is 5.82 Å². The van der Waals surface area contributed by atoms with Crippen molar-refractivity contribution in [1.29, 1.82) is 0 Å². The first-order chi connectivity index (χ1) is 10.0. The maximum absolute atomic E-state index is 13.5. The number of carbonyl (C=O) groups is 1. The van der Waals surface area contributed by atoms with Crippen LogP contribution < -0.4 is 5.32 Å². The summed E-state index contributed by atoms with van der Waals surface area (Å²) in [7, 11) is 0. The minimum absolute atomic E-state index is 0.163. The van der Waals surface area contributed by atoms with Gasteiger partial charge in [-0.15, -0.1) is 0 Å². The smallest absolute Gasteiger partial charge is 0.252 e. The van der Waals surface area contributed by atoms with Crippen molar-refractivity contribution in [2.45, 2.75) is 31.8 Å². The van der Waals surface area contributed by atoms with E-state index in [1.807, 2.05) is 0 Å². The molecule has 1 aliphatic rings. The van der Waals surface area contributed by atoms with Crippen molar-refractivity contribution in [3.8, 4) is 0 Å². The van der Waals surface area contributed by atoms with Crippen LogP contribution in [0.15, 0.2) is 24.3 Å². The Hall–Kier alpha value is -2.01. The van der Waals surface area contributed by atoms with E-state index in [0.29, 0.717) is 22.4 Å². The molecule has 1 amide bonds. The predicted octanol–water partition coefficient (Wildman–Crippen LogP) is 2.36. The number of amides is 1. The van der Waals surface area contributed by atoms with Crippen molar-refractivity contribution in [2.75, 3.05) is 6.54 Å². The molecule has 2 aromatic rings. The number of nitrogens with one attached hydrogen (secondary N) is 1. The van der Waals surface area contributed by atoms with Crippen LogP contribution in [0.25, 0.3) is 10.9 Å². The number of hydrogen-bond donors (Lipinski definition) is 2. The molecule has 110 valence electrons. The summed E-state index contributed by atoms with van der Waals surface area (Å²) in [5.74, 6) is -0.299. The number of halogens is 1. The van der Waals surface area contributed by atoms with Crippen molar-refractivity contribution in [3.05, 3.63) is 41.3 Å². The molecule has 21 heavy (non-hydrogen) atoms. The molecule has 0 spiro atoms. The molecule has 5 heteroatoms. The number of aliphatic hydroxyl groups is 1. The van der Waals surface area contributed by atoms with Crippen LogP contribution in [0.1, 0.15) is 41.7 Å². The van der Waals surface area contributed by atoms with Gasteiger partial charge in [0.25, 0.3) is 5.91 Å². The van der Waals surface area contributed by atoms with Crippen molar-refractivity contribution in [2.24, 2.45) is 0 Å². The minimum atomic E-state index is -0.623. The molecular formula is C16H17FN2O2. The van der Waals surface area contributed by atoms with Gasteiger partial charge in [-0.05, 0) is 44.0 Å². The molecule has 1 atom stereocenters. The Bertz CT molecular complexity index is 696. The van der Waals surface area contributed by atoms with Gasteiger partial charge in [-0.2, -0.15) is 0 Å². The van der Waals surface area contributed by atoms with E-state index >= 15 is 0 Å². The van der Waals surface area contributed by atoms with E-state index < -0.39 is 11.9 Å². The van der Waals surface area contributed by atoms with Crippen molar-refractivity contribution >= 4 is 16.8 Å². The Morgan fingerprint density at radius 1 is 1.48 bits per heavy atom. The van der Waals surface area contributed by atoms with E-state index in [1.165, 1.54) is 12.1 Å². The highest BCUT2D eigenvalue weighted by Gasteiger charge is 2.27. The fourth-order valence-corrected chi connectivity index (χ4v) is 2.33. The van der Waals surface area contributed by atoms with E-state index in [9.17, 15) is 14.3 Å². The second-order valence-corrected chi connectivity index (χ2v) is 5.59. The normalized spacial score (nSPS) is 16.0. The highest BCUT2D eigenvalue weighted by atomic mass is 19.1. The molecule has 1 aromatic carbocycles. The second-order valence-electron chi connectivity index (χ2n) is 5.59. The molecule has 1 saturated carbocycles. The van der Waals surface area contributed by atoms with Crippen LogP contribution >= 0.6 is 0 Å². The maximum Gasteiger partial charge on any atom is 0.252 e. The van der Waals surface area contributed by atoms with Crippen molar-refractivity contribution in [1.82, 2.24) is 10.3 Å². The number of rotatable bonds is 4. The van der Waals surface area contributed by atoms with Crippen LogP contribution in [-0.2, 0) is 0 Å². The number of aromatic nitrogens is 1. The Balaban J connectivity index is 2.04. The quantitative estimate of drug-likeness (QED) is 0.908. The molecule has 1 heterocycles. The summed E-state index contributed by atoms with van der Waals surface area (Å²) < 4.78 is 13.5. The average Bonchev–Trinajstić information content (AvgIpc) is 3.28. The molecule has 1 aromatic heterocycles. The van der Waals surface area contributed by atoms with E-state index in [1.54, 1.807) is 19.1 Å². The van der Waals surface area contributed by atoms with Gasteiger partial charge >= 0.3 is 0 Å². The Labute approximate surface area is 122 Å². The van der Waals surface area contributed by atoms with Crippen molar-refractivity contribution < 1.29 is 14.3 Å². The monoisotopic (exact) mass is 288 g/mol. The molecule has 1 aliphatic carbocycles. The summed E-state index contributed by atoms with van der Waals surface area (Å²) in [5, 5.41) is 12.4. The predicted molar refractivity (Wildman–Crippen MR) is 77.7 cm³/mol. The summed E-state index contributed by atoms with van der Waals surface area (Å²) in [6.45, 7) is 1.76. The lowest BCUT2D eigenvalue weighted by molar-refractivity contribution is 0.0925. The van der Waals surface area contributed by atoms with E-state index in [4.69, 9.17) is 0 Å². The summed E-state index contributed by atoms with van der Waals surface area (Å²) in [5.41, 5.74) is 1.93. The highest BCUT2D eigenvalue weighted by molar-refractivity contribution is 6.06. The minimum Gasteiger partial charge on any atom is -0.392 e. The summed E-state index contributed by atoms with van der Waals surface area (Å²) in [4.78, 5) is 16.8. The number of carbonyl (C=O) groups excluding carboxylic acids is 1. The number of hydrogen-bond acceptors (Lipinski definition) is 3. The first-order valence-corrected chi connectivity index (χ1v) is 7.11. The maximum atomic E-state index is 13.5. The Morgan fingerprint density at radius 2 is 2.24 bits per heavy atom. The lowest BCUT2D eigenvalue weighted by Gasteiger charge is -2.11. The number of benzene rings is 1. The van der Waals surface area contributed by atoms with Gasteiger partial charge in [-0.25, -0.2) is 4.39 Å². The van der Waals surface area contributed by atoms with E-state index in [0.717, 1.165) is 18.5 Å². The third kappa shape index (κ3) is 3.03. The molecule has 0 radical (unpaired) electrons. The number of pyridine rings is 1. The van der Waals surface area contributed by atoms with Gasteiger partial charge in [-0.3, -0.25) is 9.78 Å². The summed E-state index contributed by atoms with van der Waals surface area (Å²) in [6, 6.07) is 6.03. The molecule has 0 unspecified atom stereocenters. The van der Waals surface area contributed by atoms with Gasteiger partial charge in [0.05, 0.1) is 17.2 Å². The number of fused-ring (bicyclic) bond motifs is 1. The zero-order valence-corrected chi connectivity index (χ0v) is 11.8.